The van der Waals surface area contributed by atoms with Crippen molar-refractivity contribution in [3.05, 3.63) is 27.1 Å². The van der Waals surface area contributed by atoms with E-state index in [4.69, 9.17) is 5.73 Å². The Morgan fingerprint density at radius 1 is 1.33 bits per heavy atom. The van der Waals surface area contributed by atoms with E-state index in [1.807, 2.05) is 6.92 Å². The van der Waals surface area contributed by atoms with Crippen LogP contribution in [0.3, 0.4) is 0 Å². The van der Waals surface area contributed by atoms with Crippen LogP contribution in [0.5, 0.6) is 0 Å². The van der Waals surface area contributed by atoms with Gasteiger partial charge in [0.25, 0.3) is 0 Å². The minimum absolute atomic E-state index is 0.0889. The minimum Gasteiger partial charge on any atom is -0.326 e. The third-order valence-corrected chi connectivity index (χ3v) is 6.45. The smallest absolute Gasteiger partial charge is 0.244 e. The largest absolute Gasteiger partial charge is 0.326 e. The van der Waals surface area contributed by atoms with Crippen molar-refractivity contribution in [2.24, 2.45) is 11.7 Å². The fourth-order valence-corrected chi connectivity index (χ4v) is 5.25. The van der Waals surface area contributed by atoms with E-state index in [0.717, 1.165) is 4.47 Å². The normalized spacial score (nSPS) is 25.6. The van der Waals surface area contributed by atoms with Crippen molar-refractivity contribution in [3.8, 4) is 0 Å². The SMILES string of the molecule is CC1CN(S(=O)(=O)c2ccc(Br)cc2Br)CC1N. The summed E-state index contributed by atoms with van der Waals surface area (Å²) >= 11 is 6.60. The molecule has 4 nitrogen and oxygen atoms in total. The molecular weight excluding hydrogens is 384 g/mol. The highest BCUT2D eigenvalue weighted by molar-refractivity contribution is 9.11. The van der Waals surface area contributed by atoms with E-state index in [2.05, 4.69) is 31.9 Å². The molecule has 0 aliphatic carbocycles. The van der Waals surface area contributed by atoms with Crippen LogP contribution in [-0.2, 0) is 10.0 Å². The van der Waals surface area contributed by atoms with E-state index in [9.17, 15) is 8.42 Å². The molecule has 2 unspecified atom stereocenters. The number of hydrogen-bond donors (Lipinski definition) is 1. The second-order valence-electron chi connectivity index (χ2n) is 4.54. The number of nitrogens with two attached hydrogens (primary N) is 1. The van der Waals surface area contributed by atoms with Crippen molar-refractivity contribution in [3.63, 3.8) is 0 Å². The number of nitrogens with zero attached hydrogens (tertiary/aromatic N) is 1. The van der Waals surface area contributed by atoms with Crippen molar-refractivity contribution in [2.45, 2.75) is 17.9 Å². The summed E-state index contributed by atoms with van der Waals surface area (Å²) in [4.78, 5) is 0.284. The molecule has 1 aromatic carbocycles. The molecule has 1 aromatic rings. The second-order valence-corrected chi connectivity index (χ2v) is 8.21. The first-order chi connectivity index (χ1) is 8.32. The zero-order valence-electron chi connectivity index (χ0n) is 9.81. The fraction of sp³-hybridized carbons (Fsp3) is 0.455. The van der Waals surface area contributed by atoms with Crippen LogP contribution in [0, 0.1) is 5.92 Å². The topological polar surface area (TPSA) is 63.4 Å². The first-order valence-corrected chi connectivity index (χ1v) is 8.56. The quantitative estimate of drug-likeness (QED) is 0.831. The Kier molecular flexibility index (Phi) is 4.18. The molecule has 1 aliphatic rings. The number of hydrogen-bond acceptors (Lipinski definition) is 3. The van der Waals surface area contributed by atoms with Gasteiger partial charge in [0.1, 0.15) is 0 Å². The molecule has 2 atom stereocenters. The van der Waals surface area contributed by atoms with Crippen LogP contribution in [0.2, 0.25) is 0 Å². The van der Waals surface area contributed by atoms with Gasteiger partial charge in [-0.3, -0.25) is 0 Å². The molecule has 0 bridgehead atoms. The first kappa shape index (κ1) is 14.5. The average molecular weight is 398 g/mol. The summed E-state index contributed by atoms with van der Waals surface area (Å²) in [6, 6.07) is 4.95. The Labute approximate surface area is 124 Å². The van der Waals surface area contributed by atoms with Gasteiger partial charge in [0.15, 0.2) is 0 Å². The van der Waals surface area contributed by atoms with E-state index in [-0.39, 0.29) is 16.9 Å². The molecular formula is C11H14Br2N2O2S. The van der Waals surface area contributed by atoms with Crippen LogP contribution in [0.15, 0.2) is 32.0 Å². The van der Waals surface area contributed by atoms with Gasteiger partial charge in [-0.15, -0.1) is 0 Å². The van der Waals surface area contributed by atoms with Gasteiger partial charge >= 0.3 is 0 Å². The lowest BCUT2D eigenvalue weighted by Gasteiger charge is -2.17. The molecule has 2 N–H and O–H groups in total. The molecule has 0 amide bonds. The van der Waals surface area contributed by atoms with Gasteiger partial charge in [0, 0.05) is 28.1 Å². The van der Waals surface area contributed by atoms with Gasteiger partial charge in [0.05, 0.1) is 4.90 Å². The summed E-state index contributed by atoms with van der Waals surface area (Å²) in [7, 11) is -3.47. The lowest BCUT2D eigenvalue weighted by Crippen LogP contribution is -2.32. The Morgan fingerprint density at radius 3 is 2.50 bits per heavy atom. The van der Waals surface area contributed by atoms with E-state index in [0.29, 0.717) is 17.6 Å². The van der Waals surface area contributed by atoms with E-state index < -0.39 is 10.0 Å². The molecule has 1 saturated heterocycles. The molecule has 1 fully saturated rings. The fourth-order valence-electron chi connectivity index (χ4n) is 1.97. The molecule has 0 spiro atoms. The second kappa shape index (κ2) is 5.20. The Morgan fingerprint density at radius 2 is 2.00 bits per heavy atom. The standard InChI is InChI=1S/C11H14Br2N2O2S/c1-7-5-15(6-10(7)14)18(16,17)11-3-2-8(12)4-9(11)13/h2-4,7,10H,5-6,14H2,1H3. The van der Waals surface area contributed by atoms with Crippen molar-refractivity contribution in [1.29, 1.82) is 0 Å². The van der Waals surface area contributed by atoms with Gasteiger partial charge in [-0.25, -0.2) is 8.42 Å². The Bertz CT molecular complexity index is 552. The van der Waals surface area contributed by atoms with Crippen molar-refractivity contribution in [1.82, 2.24) is 4.31 Å². The van der Waals surface area contributed by atoms with Gasteiger partial charge in [-0.1, -0.05) is 22.9 Å². The molecule has 0 aromatic heterocycles. The Hall–Kier alpha value is 0.0500. The molecule has 2 rings (SSSR count). The van der Waals surface area contributed by atoms with Crippen molar-refractivity contribution >= 4 is 41.9 Å². The monoisotopic (exact) mass is 396 g/mol. The molecule has 1 aliphatic heterocycles. The van der Waals surface area contributed by atoms with E-state index >= 15 is 0 Å². The molecule has 100 valence electrons. The molecule has 18 heavy (non-hydrogen) atoms. The van der Waals surface area contributed by atoms with Crippen LogP contribution in [0.4, 0.5) is 0 Å². The maximum Gasteiger partial charge on any atom is 0.244 e. The van der Waals surface area contributed by atoms with E-state index in [1.165, 1.54) is 4.31 Å². The number of halogens is 2. The maximum absolute atomic E-state index is 12.5. The number of rotatable bonds is 2. The van der Waals surface area contributed by atoms with Crippen LogP contribution in [0.25, 0.3) is 0 Å². The molecule has 7 heteroatoms. The minimum atomic E-state index is -3.47. The van der Waals surface area contributed by atoms with Crippen LogP contribution in [-0.4, -0.2) is 31.9 Å². The van der Waals surface area contributed by atoms with Gasteiger partial charge in [0.2, 0.25) is 10.0 Å². The van der Waals surface area contributed by atoms with Crippen LogP contribution < -0.4 is 5.73 Å². The van der Waals surface area contributed by atoms with E-state index in [1.54, 1.807) is 18.2 Å². The summed E-state index contributed by atoms with van der Waals surface area (Å²) in [5, 5.41) is 0. The summed E-state index contributed by atoms with van der Waals surface area (Å²) in [6.45, 7) is 2.83. The summed E-state index contributed by atoms with van der Waals surface area (Å²) < 4.78 is 27.8. The van der Waals surface area contributed by atoms with Crippen LogP contribution >= 0.6 is 31.9 Å². The maximum atomic E-state index is 12.5. The zero-order chi connectivity index (χ0) is 13.5. The summed E-state index contributed by atoms with van der Waals surface area (Å²) in [5.41, 5.74) is 5.88. The summed E-state index contributed by atoms with van der Waals surface area (Å²) in [6.07, 6.45) is 0. The average Bonchev–Trinajstić information content (AvgIpc) is 2.59. The molecule has 0 radical (unpaired) electrons. The van der Waals surface area contributed by atoms with Crippen molar-refractivity contribution < 1.29 is 8.42 Å². The number of benzene rings is 1. The third-order valence-electron chi connectivity index (χ3n) is 3.15. The first-order valence-electron chi connectivity index (χ1n) is 5.53. The van der Waals surface area contributed by atoms with Gasteiger partial charge in [-0.05, 0) is 40.0 Å². The molecule has 1 heterocycles. The Balaban J connectivity index is 2.37. The highest BCUT2D eigenvalue weighted by Gasteiger charge is 2.36. The highest BCUT2D eigenvalue weighted by atomic mass is 79.9. The lowest BCUT2D eigenvalue weighted by atomic mass is 10.1. The van der Waals surface area contributed by atoms with Crippen molar-refractivity contribution in [2.75, 3.05) is 13.1 Å². The molecule has 0 saturated carbocycles. The van der Waals surface area contributed by atoms with Crippen LogP contribution in [0.1, 0.15) is 6.92 Å². The van der Waals surface area contributed by atoms with Gasteiger partial charge < -0.3 is 5.73 Å². The predicted molar refractivity (Wildman–Crippen MR) is 77.7 cm³/mol. The lowest BCUT2D eigenvalue weighted by molar-refractivity contribution is 0.464. The summed E-state index contributed by atoms with van der Waals surface area (Å²) in [5.74, 6) is 0.189. The van der Waals surface area contributed by atoms with Gasteiger partial charge in [-0.2, -0.15) is 4.31 Å². The number of sulfonamides is 1. The predicted octanol–water partition coefficient (Wildman–Crippen LogP) is 2.18. The zero-order valence-corrected chi connectivity index (χ0v) is 13.8. The highest BCUT2D eigenvalue weighted by Crippen LogP contribution is 2.30. The third kappa shape index (κ3) is 2.65.